The van der Waals surface area contributed by atoms with Crippen molar-refractivity contribution in [1.29, 1.82) is 0 Å². The second-order valence-corrected chi connectivity index (χ2v) is 6.85. The van der Waals surface area contributed by atoms with Crippen molar-refractivity contribution in [3.05, 3.63) is 52.5 Å². The van der Waals surface area contributed by atoms with Crippen molar-refractivity contribution in [2.24, 2.45) is 4.99 Å². The first-order valence-electron chi connectivity index (χ1n) is 10.2. The second-order valence-electron chi connectivity index (χ2n) is 6.85. The van der Waals surface area contributed by atoms with Crippen LogP contribution in [0.15, 0.2) is 33.9 Å². The minimum atomic E-state index is 0.669. The Morgan fingerprint density at radius 2 is 1.96 bits per heavy atom. The highest BCUT2D eigenvalue weighted by atomic mass is 16.5. The maximum absolute atomic E-state index is 5.44. The number of aliphatic imine (C=N–C) groups is 1. The van der Waals surface area contributed by atoms with Gasteiger partial charge in [-0.05, 0) is 30.4 Å². The smallest absolute Gasteiger partial charge is 0.191 e. The van der Waals surface area contributed by atoms with E-state index in [-0.39, 0.29) is 0 Å². The Balaban J connectivity index is 1.58. The van der Waals surface area contributed by atoms with Gasteiger partial charge in [-0.1, -0.05) is 44.1 Å². The molecular formula is C22H31N5O. The van der Waals surface area contributed by atoms with E-state index < -0.39 is 0 Å². The van der Waals surface area contributed by atoms with Crippen LogP contribution in [0.25, 0.3) is 10.9 Å². The van der Waals surface area contributed by atoms with E-state index in [0.717, 1.165) is 55.2 Å². The monoisotopic (exact) mass is 381 g/mol. The summed E-state index contributed by atoms with van der Waals surface area (Å²) < 4.78 is 5.44. The number of guanidine groups is 1. The number of fused-ring (bicyclic) bond motifs is 1. The van der Waals surface area contributed by atoms with Crippen molar-refractivity contribution in [1.82, 2.24) is 20.8 Å². The van der Waals surface area contributed by atoms with Gasteiger partial charge in [0.15, 0.2) is 5.96 Å². The van der Waals surface area contributed by atoms with E-state index in [1.54, 1.807) is 7.05 Å². The molecule has 0 aliphatic rings. The van der Waals surface area contributed by atoms with Crippen molar-refractivity contribution >= 4 is 16.9 Å². The summed E-state index contributed by atoms with van der Waals surface area (Å²) in [6.07, 6.45) is 5.80. The number of H-pyrrole nitrogens is 1. The number of nitrogens with one attached hydrogen (secondary N) is 3. The van der Waals surface area contributed by atoms with Crippen LogP contribution >= 0.6 is 0 Å². The molecule has 0 fully saturated rings. The van der Waals surface area contributed by atoms with Gasteiger partial charge in [0, 0.05) is 49.2 Å². The first-order valence-corrected chi connectivity index (χ1v) is 10.2. The lowest BCUT2D eigenvalue weighted by Crippen LogP contribution is -2.38. The number of rotatable bonds is 8. The summed E-state index contributed by atoms with van der Waals surface area (Å²) in [5, 5.41) is 12.3. The van der Waals surface area contributed by atoms with Crippen LogP contribution in [0.4, 0.5) is 0 Å². The number of aryl methyl sites for hydroxylation is 3. The topological polar surface area (TPSA) is 78.2 Å². The average molecular weight is 382 g/mol. The molecule has 0 saturated carbocycles. The SMILES string of the molecule is CCc1noc(CC)c1CNC(=NC)NCCc1c[nH]c2c(CC)cccc12. The van der Waals surface area contributed by atoms with Gasteiger partial charge in [-0.3, -0.25) is 4.99 Å². The molecular weight excluding hydrogens is 350 g/mol. The summed E-state index contributed by atoms with van der Waals surface area (Å²) >= 11 is 0. The molecule has 0 unspecified atom stereocenters. The number of nitrogens with zero attached hydrogens (tertiary/aromatic N) is 2. The van der Waals surface area contributed by atoms with Crippen LogP contribution in [0.5, 0.6) is 0 Å². The molecule has 6 heteroatoms. The van der Waals surface area contributed by atoms with Crippen molar-refractivity contribution in [2.45, 2.75) is 53.0 Å². The zero-order chi connectivity index (χ0) is 19.9. The molecule has 28 heavy (non-hydrogen) atoms. The standard InChI is InChI=1S/C22H31N5O/c1-5-15-9-8-10-17-16(13-25-21(15)17)11-12-24-22(23-4)26-14-18-19(6-2)27-28-20(18)7-3/h8-10,13,25H,5-7,11-12,14H2,1-4H3,(H2,23,24,26). The summed E-state index contributed by atoms with van der Waals surface area (Å²) in [6.45, 7) is 7.85. The number of benzene rings is 1. The molecule has 3 N–H and O–H groups in total. The number of hydrogen-bond acceptors (Lipinski definition) is 3. The quantitative estimate of drug-likeness (QED) is 0.410. The Hall–Kier alpha value is -2.76. The van der Waals surface area contributed by atoms with Crippen molar-refractivity contribution in [3.8, 4) is 0 Å². The summed E-state index contributed by atoms with van der Waals surface area (Å²) in [5.74, 6) is 1.74. The van der Waals surface area contributed by atoms with Gasteiger partial charge in [0.05, 0.1) is 5.69 Å². The van der Waals surface area contributed by atoms with Crippen LogP contribution in [0.3, 0.4) is 0 Å². The third-order valence-corrected chi connectivity index (χ3v) is 5.22. The van der Waals surface area contributed by atoms with Gasteiger partial charge < -0.3 is 20.1 Å². The minimum Gasteiger partial charge on any atom is -0.361 e. The molecule has 6 nitrogen and oxygen atoms in total. The molecule has 0 aliphatic carbocycles. The molecule has 0 aliphatic heterocycles. The first kappa shape index (κ1) is 20.0. The third kappa shape index (κ3) is 4.21. The van der Waals surface area contributed by atoms with Crippen LogP contribution in [0, 0.1) is 0 Å². The largest absolute Gasteiger partial charge is 0.361 e. The average Bonchev–Trinajstić information content (AvgIpc) is 3.33. The lowest BCUT2D eigenvalue weighted by molar-refractivity contribution is 0.380. The van der Waals surface area contributed by atoms with Gasteiger partial charge in [0.1, 0.15) is 5.76 Å². The van der Waals surface area contributed by atoms with Crippen LogP contribution in [-0.4, -0.2) is 29.7 Å². The lowest BCUT2D eigenvalue weighted by atomic mass is 10.1. The number of hydrogen-bond donors (Lipinski definition) is 3. The fraction of sp³-hybridized carbons (Fsp3) is 0.455. The van der Waals surface area contributed by atoms with Gasteiger partial charge in [-0.2, -0.15) is 0 Å². The second kappa shape index (κ2) is 9.44. The Bertz CT molecular complexity index is 916. The highest BCUT2D eigenvalue weighted by Gasteiger charge is 2.13. The summed E-state index contributed by atoms with van der Waals surface area (Å²) in [7, 11) is 1.80. The van der Waals surface area contributed by atoms with E-state index in [9.17, 15) is 0 Å². The Morgan fingerprint density at radius 1 is 1.11 bits per heavy atom. The molecule has 0 saturated heterocycles. The molecule has 0 atom stereocenters. The number of aromatic nitrogens is 2. The molecule has 2 aromatic heterocycles. The van der Waals surface area contributed by atoms with Crippen LogP contribution in [-0.2, 0) is 32.2 Å². The summed E-state index contributed by atoms with van der Waals surface area (Å²) in [6, 6.07) is 6.52. The first-order chi connectivity index (χ1) is 13.7. The summed E-state index contributed by atoms with van der Waals surface area (Å²) in [5.41, 5.74) is 6.12. The molecule has 3 aromatic rings. The predicted molar refractivity (Wildman–Crippen MR) is 115 cm³/mol. The van der Waals surface area contributed by atoms with Crippen molar-refractivity contribution < 1.29 is 4.52 Å². The molecule has 3 rings (SSSR count). The van der Waals surface area contributed by atoms with Crippen LogP contribution in [0.1, 0.15) is 48.9 Å². The molecule has 2 heterocycles. The lowest BCUT2D eigenvalue weighted by Gasteiger charge is -2.12. The van der Waals surface area contributed by atoms with E-state index in [2.05, 4.69) is 70.9 Å². The van der Waals surface area contributed by atoms with Gasteiger partial charge in [-0.25, -0.2) is 0 Å². The molecule has 0 radical (unpaired) electrons. The highest BCUT2D eigenvalue weighted by Crippen LogP contribution is 2.22. The summed E-state index contributed by atoms with van der Waals surface area (Å²) in [4.78, 5) is 7.78. The predicted octanol–water partition coefficient (Wildman–Crippen LogP) is 3.75. The van der Waals surface area contributed by atoms with Crippen molar-refractivity contribution in [3.63, 3.8) is 0 Å². The van der Waals surface area contributed by atoms with E-state index >= 15 is 0 Å². The Morgan fingerprint density at radius 3 is 2.68 bits per heavy atom. The van der Waals surface area contributed by atoms with Crippen LogP contribution < -0.4 is 10.6 Å². The van der Waals surface area contributed by atoms with E-state index in [0.29, 0.717) is 6.54 Å². The zero-order valence-electron chi connectivity index (χ0n) is 17.4. The Kier molecular flexibility index (Phi) is 6.74. The maximum Gasteiger partial charge on any atom is 0.191 e. The van der Waals surface area contributed by atoms with Gasteiger partial charge in [0.2, 0.25) is 0 Å². The van der Waals surface area contributed by atoms with Gasteiger partial charge in [-0.15, -0.1) is 0 Å². The highest BCUT2D eigenvalue weighted by molar-refractivity contribution is 5.86. The van der Waals surface area contributed by atoms with Crippen LogP contribution in [0.2, 0.25) is 0 Å². The normalized spacial score (nSPS) is 11.9. The van der Waals surface area contributed by atoms with Gasteiger partial charge in [0.25, 0.3) is 0 Å². The zero-order valence-corrected chi connectivity index (χ0v) is 17.4. The maximum atomic E-state index is 5.44. The van der Waals surface area contributed by atoms with Crippen molar-refractivity contribution in [2.75, 3.05) is 13.6 Å². The fourth-order valence-corrected chi connectivity index (χ4v) is 3.62. The van der Waals surface area contributed by atoms with E-state index in [1.165, 1.54) is 22.0 Å². The third-order valence-electron chi connectivity index (χ3n) is 5.22. The molecule has 0 spiro atoms. The molecule has 150 valence electrons. The molecule has 1 aromatic carbocycles. The minimum absolute atomic E-state index is 0.669. The molecule has 0 amide bonds. The molecule has 0 bridgehead atoms. The number of para-hydroxylation sites is 1. The van der Waals surface area contributed by atoms with Gasteiger partial charge >= 0.3 is 0 Å². The fourth-order valence-electron chi connectivity index (χ4n) is 3.62. The Labute approximate surface area is 166 Å². The van der Waals surface area contributed by atoms with E-state index in [4.69, 9.17) is 4.52 Å². The number of aromatic amines is 1. The van der Waals surface area contributed by atoms with E-state index in [1.807, 2.05) is 0 Å².